The summed E-state index contributed by atoms with van der Waals surface area (Å²) in [6.07, 6.45) is 4.29. The number of aryl methyl sites for hydroxylation is 1. The van der Waals surface area contributed by atoms with Gasteiger partial charge in [-0.2, -0.15) is 9.90 Å². The second kappa shape index (κ2) is 8.09. The smallest absolute Gasteiger partial charge is 0.233 e. The predicted octanol–water partition coefficient (Wildman–Crippen LogP) is 2.98. The van der Waals surface area contributed by atoms with Crippen LogP contribution >= 0.6 is 0 Å². The van der Waals surface area contributed by atoms with E-state index < -0.39 is 21.4 Å². The molecule has 10 heteroatoms. The second-order valence-corrected chi connectivity index (χ2v) is 10.7. The van der Waals surface area contributed by atoms with Crippen molar-refractivity contribution in [3.63, 3.8) is 0 Å². The van der Waals surface area contributed by atoms with Crippen LogP contribution in [0.2, 0.25) is 0 Å². The molecule has 0 saturated carbocycles. The minimum absolute atomic E-state index is 0.0334. The number of benzene rings is 1. The average Bonchev–Trinajstić information content (AvgIpc) is 3.29. The van der Waals surface area contributed by atoms with Crippen molar-refractivity contribution in [2.24, 2.45) is 13.0 Å². The first-order valence-electron chi connectivity index (χ1n) is 10.4. The molecule has 1 aromatic carbocycles. The molecule has 1 fully saturated rings. The van der Waals surface area contributed by atoms with Crippen LogP contribution in [-0.4, -0.2) is 40.7 Å². The van der Waals surface area contributed by atoms with Gasteiger partial charge in [0, 0.05) is 25.5 Å². The Bertz CT molecular complexity index is 1210. The van der Waals surface area contributed by atoms with E-state index in [9.17, 15) is 13.2 Å². The zero-order valence-corrected chi connectivity index (χ0v) is 19.3. The van der Waals surface area contributed by atoms with Crippen molar-refractivity contribution >= 4 is 21.6 Å². The molecule has 32 heavy (non-hydrogen) atoms. The molecule has 2 aromatic rings. The van der Waals surface area contributed by atoms with E-state index in [4.69, 9.17) is 9.47 Å². The maximum absolute atomic E-state index is 12.9. The third-order valence-corrected chi connectivity index (χ3v) is 7.12. The second-order valence-electron chi connectivity index (χ2n) is 8.47. The van der Waals surface area contributed by atoms with Crippen molar-refractivity contribution < 1.29 is 22.7 Å². The fourth-order valence-corrected chi connectivity index (χ4v) is 4.65. The van der Waals surface area contributed by atoms with Gasteiger partial charge >= 0.3 is 0 Å². The Balaban J connectivity index is 1.58. The highest BCUT2D eigenvalue weighted by molar-refractivity contribution is 7.91. The van der Waals surface area contributed by atoms with Crippen molar-refractivity contribution in [1.29, 1.82) is 0 Å². The van der Waals surface area contributed by atoms with Crippen LogP contribution in [0.5, 0.6) is 5.75 Å². The standard InChI is InChI=1S/C22H26N4O5S/c1-5-32(28,29)16-8-6-15(7-9-16)30-18-10-14(11-19-17(18)12-22(2,3)31-19)21(27)24-20-13-23-26(4)25-20/h6-9,11,13-14H,5,10,12H2,1-4H3,(H,24,25,27). The summed E-state index contributed by atoms with van der Waals surface area (Å²) in [4.78, 5) is 14.5. The van der Waals surface area contributed by atoms with Gasteiger partial charge in [0.1, 0.15) is 22.9 Å². The third kappa shape index (κ3) is 4.55. The number of allylic oxidation sites excluding steroid dienone is 2. The van der Waals surface area contributed by atoms with Crippen molar-refractivity contribution in [1.82, 2.24) is 15.0 Å². The van der Waals surface area contributed by atoms with Gasteiger partial charge in [0.05, 0.1) is 22.8 Å². The van der Waals surface area contributed by atoms with Gasteiger partial charge in [0.2, 0.25) is 5.91 Å². The van der Waals surface area contributed by atoms with Gasteiger partial charge in [-0.05, 0) is 44.2 Å². The highest BCUT2D eigenvalue weighted by Crippen LogP contribution is 2.44. The Hall–Kier alpha value is -3.14. The largest absolute Gasteiger partial charge is 0.487 e. The highest BCUT2D eigenvalue weighted by Gasteiger charge is 2.40. The van der Waals surface area contributed by atoms with Gasteiger partial charge < -0.3 is 14.8 Å². The molecule has 170 valence electrons. The van der Waals surface area contributed by atoms with Crippen LogP contribution in [0.3, 0.4) is 0 Å². The summed E-state index contributed by atoms with van der Waals surface area (Å²) < 4.78 is 36.3. The molecule has 1 amide bonds. The molecule has 0 radical (unpaired) electrons. The van der Waals surface area contributed by atoms with Gasteiger partial charge in [-0.1, -0.05) is 6.92 Å². The Kier molecular flexibility index (Phi) is 5.58. The number of sulfone groups is 1. The monoisotopic (exact) mass is 458 g/mol. The molecular weight excluding hydrogens is 432 g/mol. The van der Waals surface area contributed by atoms with E-state index in [0.29, 0.717) is 35.9 Å². The number of hydrogen-bond donors (Lipinski definition) is 1. The summed E-state index contributed by atoms with van der Waals surface area (Å²) in [5, 5.41) is 10.8. The number of fused-ring (bicyclic) bond motifs is 1. The molecule has 1 aliphatic carbocycles. The maximum atomic E-state index is 12.9. The first kappa shape index (κ1) is 22.1. The Morgan fingerprint density at radius 2 is 2.03 bits per heavy atom. The number of carbonyl (C=O) groups excluding carboxylic acids is 1. The van der Waals surface area contributed by atoms with E-state index in [0.717, 1.165) is 5.57 Å². The number of ether oxygens (including phenoxy) is 2. The lowest BCUT2D eigenvalue weighted by Crippen LogP contribution is -2.25. The topological polar surface area (TPSA) is 112 Å². The van der Waals surface area contributed by atoms with Crippen LogP contribution in [0.15, 0.2) is 58.5 Å². The van der Waals surface area contributed by atoms with Crippen LogP contribution < -0.4 is 10.1 Å². The van der Waals surface area contributed by atoms with Crippen LogP contribution in [0.1, 0.15) is 33.6 Å². The molecule has 0 spiro atoms. The van der Waals surface area contributed by atoms with E-state index in [-0.39, 0.29) is 16.6 Å². The number of nitrogens with zero attached hydrogens (tertiary/aromatic N) is 3. The molecular formula is C22H26N4O5S. The van der Waals surface area contributed by atoms with Crippen LogP contribution in [0, 0.1) is 5.92 Å². The van der Waals surface area contributed by atoms with Gasteiger partial charge in [-0.15, -0.1) is 5.10 Å². The van der Waals surface area contributed by atoms with Gasteiger partial charge in [0.25, 0.3) is 0 Å². The van der Waals surface area contributed by atoms with Gasteiger partial charge in [0.15, 0.2) is 15.7 Å². The van der Waals surface area contributed by atoms with E-state index >= 15 is 0 Å². The van der Waals surface area contributed by atoms with Gasteiger partial charge in [-0.3, -0.25) is 4.79 Å². The van der Waals surface area contributed by atoms with Crippen LogP contribution in [0.4, 0.5) is 5.82 Å². The quantitative estimate of drug-likeness (QED) is 0.708. The van der Waals surface area contributed by atoms with E-state index in [1.54, 1.807) is 26.1 Å². The number of carbonyl (C=O) groups is 1. The molecule has 4 rings (SSSR count). The maximum Gasteiger partial charge on any atom is 0.233 e. The fourth-order valence-electron chi connectivity index (χ4n) is 3.76. The lowest BCUT2D eigenvalue weighted by molar-refractivity contribution is -0.118. The Morgan fingerprint density at radius 3 is 2.66 bits per heavy atom. The zero-order chi connectivity index (χ0) is 23.1. The number of nitrogens with one attached hydrogen (secondary N) is 1. The Morgan fingerprint density at radius 1 is 1.31 bits per heavy atom. The van der Waals surface area contributed by atoms with Crippen LogP contribution in [0.25, 0.3) is 0 Å². The molecule has 0 bridgehead atoms. The van der Waals surface area contributed by atoms with E-state index in [1.807, 2.05) is 19.9 Å². The third-order valence-electron chi connectivity index (χ3n) is 5.37. The molecule has 1 N–H and O–H groups in total. The summed E-state index contributed by atoms with van der Waals surface area (Å²) in [5.74, 6) is 1.43. The number of amides is 1. The number of aromatic nitrogens is 3. The molecule has 1 aliphatic heterocycles. The number of anilines is 1. The minimum atomic E-state index is -3.29. The summed E-state index contributed by atoms with van der Waals surface area (Å²) >= 11 is 0. The molecule has 2 aliphatic rings. The lowest BCUT2D eigenvalue weighted by atomic mass is 9.90. The summed E-state index contributed by atoms with van der Waals surface area (Å²) in [6, 6.07) is 6.33. The van der Waals surface area contributed by atoms with E-state index in [1.165, 1.54) is 23.1 Å². The number of rotatable bonds is 6. The normalized spacial score (nSPS) is 19.8. The molecule has 1 unspecified atom stereocenters. The fraction of sp³-hybridized carbons (Fsp3) is 0.409. The van der Waals surface area contributed by atoms with Crippen molar-refractivity contribution in [2.75, 3.05) is 11.1 Å². The summed E-state index contributed by atoms with van der Waals surface area (Å²) in [5.41, 5.74) is 0.509. The summed E-state index contributed by atoms with van der Waals surface area (Å²) in [7, 11) is -1.62. The number of hydrogen-bond acceptors (Lipinski definition) is 7. The van der Waals surface area contributed by atoms with Gasteiger partial charge in [-0.25, -0.2) is 8.42 Å². The Labute approximate surface area is 187 Å². The highest BCUT2D eigenvalue weighted by atomic mass is 32.2. The molecule has 1 saturated heterocycles. The lowest BCUT2D eigenvalue weighted by Gasteiger charge is -2.22. The first-order valence-corrected chi connectivity index (χ1v) is 12.0. The predicted molar refractivity (Wildman–Crippen MR) is 117 cm³/mol. The average molecular weight is 459 g/mol. The molecule has 2 heterocycles. The first-order chi connectivity index (χ1) is 15.1. The molecule has 1 aromatic heterocycles. The molecule has 9 nitrogen and oxygen atoms in total. The zero-order valence-electron chi connectivity index (χ0n) is 18.5. The van der Waals surface area contributed by atoms with Crippen molar-refractivity contribution in [2.45, 2.75) is 44.1 Å². The SMILES string of the molecule is CCS(=O)(=O)c1ccc(OC2=C3CC(C)(C)OC3=CC(C(=O)Nc3cnn(C)n3)C2)cc1. The minimum Gasteiger partial charge on any atom is -0.487 e. The van der Waals surface area contributed by atoms with Crippen LogP contribution in [-0.2, 0) is 26.4 Å². The van der Waals surface area contributed by atoms with E-state index in [2.05, 4.69) is 15.5 Å². The van der Waals surface area contributed by atoms with Crippen molar-refractivity contribution in [3.8, 4) is 5.75 Å². The summed E-state index contributed by atoms with van der Waals surface area (Å²) in [6.45, 7) is 5.57. The van der Waals surface area contributed by atoms with Crippen molar-refractivity contribution in [3.05, 3.63) is 53.6 Å². The molecule has 1 atom stereocenters.